The Balaban J connectivity index is 1.78. The Morgan fingerprint density at radius 1 is 1.29 bits per heavy atom. The summed E-state index contributed by atoms with van der Waals surface area (Å²) in [7, 11) is 0. The maximum Gasteiger partial charge on any atom is 0.475 e. The second-order valence-electron chi connectivity index (χ2n) is 8.75. The number of unbranched alkanes of at least 4 members (excludes halogenated alkanes) is 1. The maximum absolute atomic E-state index is 12.4. The molecule has 1 fully saturated rings. The normalized spacial score (nSPS) is 29.8. The van der Waals surface area contributed by atoms with Gasteiger partial charge in [0.15, 0.2) is 6.61 Å². The van der Waals surface area contributed by atoms with E-state index in [1.165, 1.54) is 0 Å². The van der Waals surface area contributed by atoms with Crippen LogP contribution in [0.25, 0.3) is 0 Å². The van der Waals surface area contributed by atoms with E-state index >= 15 is 0 Å². The highest BCUT2D eigenvalue weighted by Gasteiger charge is 2.54. The third-order valence-corrected chi connectivity index (χ3v) is 6.77. The van der Waals surface area contributed by atoms with Crippen molar-refractivity contribution in [1.29, 1.82) is 0 Å². The minimum atomic E-state index is -0.929. The van der Waals surface area contributed by atoms with Gasteiger partial charge < -0.3 is 14.9 Å². The first kappa shape index (κ1) is 23.1. The molecule has 0 saturated heterocycles. The number of aliphatic hydroxyl groups is 1. The van der Waals surface area contributed by atoms with Crippen LogP contribution in [0, 0.1) is 23.7 Å². The first-order valence-corrected chi connectivity index (χ1v) is 10.9. The molecule has 8 nitrogen and oxygen atoms in total. The molecular weight excluding hydrogens is 402 g/mol. The summed E-state index contributed by atoms with van der Waals surface area (Å²) in [6, 6.07) is 5.24. The minimum Gasteiger partial charge on any atom is -0.508 e. The molecule has 3 rings (SSSR count). The third-order valence-electron chi connectivity index (χ3n) is 6.77. The van der Waals surface area contributed by atoms with E-state index in [1.807, 2.05) is 13.0 Å². The van der Waals surface area contributed by atoms with Gasteiger partial charge in [0.05, 0.1) is 0 Å². The van der Waals surface area contributed by atoms with Gasteiger partial charge in [-0.15, -0.1) is 0 Å². The molecule has 0 spiro atoms. The highest BCUT2D eigenvalue weighted by atomic mass is 16.9. The van der Waals surface area contributed by atoms with Crippen LogP contribution in [0.2, 0.25) is 0 Å². The second-order valence-corrected chi connectivity index (χ2v) is 8.75. The zero-order valence-electron chi connectivity index (χ0n) is 18.1. The summed E-state index contributed by atoms with van der Waals surface area (Å²) in [5.41, 5.74) is 1.27. The van der Waals surface area contributed by atoms with Gasteiger partial charge in [-0.3, -0.25) is 4.79 Å². The number of hydrogen-bond acceptors (Lipinski definition) is 6. The largest absolute Gasteiger partial charge is 0.508 e. The van der Waals surface area contributed by atoms with Crippen molar-refractivity contribution in [1.82, 2.24) is 0 Å². The Morgan fingerprint density at radius 3 is 2.81 bits per heavy atom. The fourth-order valence-electron chi connectivity index (χ4n) is 5.32. The van der Waals surface area contributed by atoms with Crippen molar-refractivity contribution >= 4 is 5.97 Å². The van der Waals surface area contributed by atoms with E-state index in [0.29, 0.717) is 18.8 Å². The van der Waals surface area contributed by atoms with Gasteiger partial charge in [-0.05, 0) is 67.4 Å². The van der Waals surface area contributed by atoms with Crippen LogP contribution in [-0.2, 0) is 19.8 Å². The maximum atomic E-state index is 12.4. The van der Waals surface area contributed by atoms with Crippen molar-refractivity contribution in [2.75, 3.05) is 6.61 Å². The number of phenolic OH excluding ortho intramolecular Hbond substituents is 1. The number of carbonyl (C=O) groups is 1. The number of nitrogens with zero attached hydrogens (tertiary/aromatic N) is 1. The molecule has 3 N–H and O–H groups in total. The van der Waals surface area contributed by atoms with Crippen molar-refractivity contribution in [2.24, 2.45) is 11.8 Å². The fourth-order valence-corrected chi connectivity index (χ4v) is 5.32. The molecule has 5 atom stereocenters. The first-order chi connectivity index (χ1) is 14.8. The molecule has 0 bridgehead atoms. The number of aryl methyl sites for hydroxylation is 1. The van der Waals surface area contributed by atoms with E-state index in [9.17, 15) is 19.9 Å². The summed E-state index contributed by atoms with van der Waals surface area (Å²) in [5, 5.41) is 29.5. The fraction of sp³-hybridized carbons (Fsp3) is 0.609. The van der Waals surface area contributed by atoms with Crippen LogP contribution >= 0.6 is 0 Å². The number of ether oxygens (including phenoxy) is 1. The average Bonchev–Trinajstić information content (AvgIpc) is 2.72. The van der Waals surface area contributed by atoms with Crippen molar-refractivity contribution in [3.05, 3.63) is 46.4 Å². The lowest BCUT2D eigenvalue weighted by Gasteiger charge is -2.53. The van der Waals surface area contributed by atoms with Crippen LogP contribution in [0.5, 0.6) is 5.75 Å². The summed E-state index contributed by atoms with van der Waals surface area (Å²) in [4.78, 5) is 27.0. The number of carbonyl (C=O) groups excluding carboxylic acids is 1. The summed E-state index contributed by atoms with van der Waals surface area (Å²) < 4.78 is 5.63. The smallest absolute Gasteiger partial charge is 0.475 e. The zero-order chi connectivity index (χ0) is 22.6. The molecular formula is C23H32NO7+. The third kappa shape index (κ3) is 4.84. The lowest BCUT2D eigenvalue weighted by Crippen LogP contribution is -2.57. The molecule has 0 aromatic heterocycles. The van der Waals surface area contributed by atoms with Crippen molar-refractivity contribution < 1.29 is 34.9 Å². The van der Waals surface area contributed by atoms with Crippen LogP contribution in [0.4, 0.5) is 0 Å². The lowest BCUT2D eigenvalue weighted by molar-refractivity contribution is -0.975. The van der Waals surface area contributed by atoms with E-state index in [0.717, 1.165) is 30.4 Å². The molecule has 2 aliphatic carbocycles. The number of esters is 1. The van der Waals surface area contributed by atoms with Crippen molar-refractivity contribution in [3.8, 4) is 5.75 Å². The van der Waals surface area contributed by atoms with Crippen LogP contribution in [0.1, 0.15) is 56.6 Å². The van der Waals surface area contributed by atoms with Crippen LogP contribution in [-0.4, -0.2) is 45.3 Å². The molecule has 0 aliphatic heterocycles. The van der Waals surface area contributed by atoms with Gasteiger partial charge in [0.1, 0.15) is 22.9 Å². The van der Waals surface area contributed by atoms with E-state index in [1.54, 1.807) is 18.2 Å². The van der Waals surface area contributed by atoms with Crippen molar-refractivity contribution in [3.63, 3.8) is 0 Å². The van der Waals surface area contributed by atoms with Crippen LogP contribution < -0.4 is 0 Å². The monoisotopic (exact) mass is 434 g/mol. The molecule has 1 aromatic rings. The lowest BCUT2D eigenvalue weighted by atomic mass is 9.53. The predicted octanol–water partition coefficient (Wildman–Crippen LogP) is 3.49. The van der Waals surface area contributed by atoms with Gasteiger partial charge in [0.2, 0.25) is 0 Å². The Labute approximate surface area is 182 Å². The molecule has 31 heavy (non-hydrogen) atoms. The average molecular weight is 435 g/mol. The molecule has 1 aromatic carbocycles. The standard InChI is InChI=1S/C23H31NO7/c1-15-6-5-12-23(19-14-17(25)9-8-16(19)2)18(15)10-11-20(22(23)27)31-21(26)7-3-4-13-30-24(28)29/h8-11,14-15,18,20,22,27H,3-7,12-13H2,1-2H3,(H-,25,28,29)/p+1/t15-,18?,20?,22-,23-/m0/s1. The molecule has 8 heteroatoms. The minimum absolute atomic E-state index is 0.00130. The summed E-state index contributed by atoms with van der Waals surface area (Å²) in [6.07, 6.45) is 5.84. The van der Waals surface area contributed by atoms with Gasteiger partial charge in [-0.25, -0.2) is 5.21 Å². The van der Waals surface area contributed by atoms with Gasteiger partial charge in [0, 0.05) is 11.8 Å². The van der Waals surface area contributed by atoms with Gasteiger partial charge in [-0.2, -0.15) is 4.84 Å². The number of hydrogen-bond donors (Lipinski definition) is 3. The molecule has 170 valence electrons. The molecule has 0 radical (unpaired) electrons. The quantitative estimate of drug-likeness (QED) is 0.248. The van der Waals surface area contributed by atoms with Gasteiger partial charge >= 0.3 is 11.1 Å². The van der Waals surface area contributed by atoms with E-state index < -0.39 is 28.7 Å². The Morgan fingerprint density at radius 2 is 2.06 bits per heavy atom. The molecule has 0 heterocycles. The van der Waals surface area contributed by atoms with Gasteiger partial charge in [0.25, 0.3) is 0 Å². The molecule has 2 unspecified atom stereocenters. The number of aliphatic hydroxyl groups excluding tert-OH is 1. The zero-order valence-corrected chi connectivity index (χ0v) is 18.1. The SMILES string of the molecule is Cc1ccc(O)cc1[C@]12CCC[C@H](C)C1C=CC(OC(=O)CCCCO[N+](=O)O)[C@@H]2O. The number of fused-ring (bicyclic) bond motifs is 1. The summed E-state index contributed by atoms with van der Waals surface area (Å²) in [6.45, 7) is 4.15. The number of benzene rings is 1. The number of rotatable bonds is 8. The molecule has 2 aliphatic rings. The van der Waals surface area contributed by atoms with Crippen molar-refractivity contribution in [2.45, 2.75) is 70.0 Å². The number of aromatic hydroxyl groups is 1. The molecule has 0 amide bonds. The first-order valence-electron chi connectivity index (χ1n) is 10.9. The Bertz CT molecular complexity index is 839. The topological polar surface area (TPSA) is 116 Å². The predicted molar refractivity (Wildman–Crippen MR) is 111 cm³/mol. The van der Waals surface area contributed by atoms with E-state index in [-0.39, 0.29) is 24.7 Å². The molecule has 1 saturated carbocycles. The van der Waals surface area contributed by atoms with Crippen LogP contribution in [0.15, 0.2) is 30.4 Å². The van der Waals surface area contributed by atoms with E-state index in [2.05, 4.69) is 17.8 Å². The van der Waals surface area contributed by atoms with E-state index in [4.69, 9.17) is 9.94 Å². The van der Waals surface area contributed by atoms with Crippen LogP contribution in [0.3, 0.4) is 0 Å². The summed E-state index contributed by atoms with van der Waals surface area (Å²) in [5.74, 6) is 0.147. The van der Waals surface area contributed by atoms with Gasteiger partial charge in [-0.1, -0.05) is 31.9 Å². The number of phenols is 1. The summed E-state index contributed by atoms with van der Waals surface area (Å²) >= 11 is 0. The second kappa shape index (κ2) is 9.68. The Hall–Kier alpha value is -2.61. The highest BCUT2D eigenvalue weighted by Crippen LogP contribution is 2.53. The number of allylic oxidation sites excluding steroid dienone is 1. The Kier molecular flexibility index (Phi) is 7.20. The highest BCUT2D eigenvalue weighted by molar-refractivity contribution is 5.69.